The highest BCUT2D eigenvalue weighted by molar-refractivity contribution is 5.74. The van der Waals surface area contributed by atoms with Crippen molar-refractivity contribution in [3.63, 3.8) is 0 Å². The van der Waals surface area contributed by atoms with E-state index in [1.807, 2.05) is 6.92 Å². The van der Waals surface area contributed by atoms with Crippen molar-refractivity contribution in [2.45, 2.75) is 51.9 Å². The van der Waals surface area contributed by atoms with Crippen LogP contribution in [-0.2, 0) is 4.79 Å². The molecule has 0 heterocycles. The lowest BCUT2D eigenvalue weighted by molar-refractivity contribution is -0.121. The van der Waals surface area contributed by atoms with Gasteiger partial charge in [0.15, 0.2) is 0 Å². The van der Waals surface area contributed by atoms with Crippen molar-refractivity contribution in [2.24, 2.45) is 5.84 Å². The lowest BCUT2D eigenvalue weighted by Crippen LogP contribution is -2.29. The molecule has 0 saturated heterocycles. The molecule has 0 unspecified atom stereocenters. The fourth-order valence-electron chi connectivity index (χ4n) is 1.32. The summed E-state index contributed by atoms with van der Waals surface area (Å²) in [6.45, 7) is 2.05. The Hall–Kier alpha value is -0.830. The van der Waals surface area contributed by atoms with Crippen molar-refractivity contribution in [3.05, 3.63) is 12.2 Å². The number of carbonyl (C=O) groups is 1. The van der Waals surface area contributed by atoms with E-state index < -0.39 is 0 Å². The molecule has 0 spiro atoms. The smallest absolute Gasteiger partial charge is 0.233 e. The van der Waals surface area contributed by atoms with Crippen LogP contribution in [0.4, 0.5) is 0 Å². The van der Waals surface area contributed by atoms with Crippen LogP contribution in [0, 0.1) is 0 Å². The summed E-state index contributed by atoms with van der Waals surface area (Å²) in [5.74, 6) is 4.90. The SMILES string of the molecule is CC=CCCCCCCCC(=O)NN. The Morgan fingerprint density at radius 2 is 1.86 bits per heavy atom. The van der Waals surface area contributed by atoms with Crippen molar-refractivity contribution in [1.29, 1.82) is 0 Å². The number of unbranched alkanes of at least 4 members (excludes halogenated alkanes) is 5. The average Bonchev–Trinajstić information content (AvgIpc) is 2.21. The van der Waals surface area contributed by atoms with Gasteiger partial charge in [0.05, 0.1) is 0 Å². The number of rotatable bonds is 8. The lowest BCUT2D eigenvalue weighted by atomic mass is 10.1. The van der Waals surface area contributed by atoms with Gasteiger partial charge in [0, 0.05) is 6.42 Å². The summed E-state index contributed by atoms with van der Waals surface area (Å²) in [5, 5.41) is 0. The zero-order chi connectivity index (χ0) is 10.6. The fraction of sp³-hybridized carbons (Fsp3) is 0.727. The number of hydrazine groups is 1. The van der Waals surface area contributed by atoms with Crippen LogP contribution in [0.1, 0.15) is 51.9 Å². The molecule has 0 fully saturated rings. The second kappa shape index (κ2) is 10.3. The zero-order valence-corrected chi connectivity index (χ0v) is 9.09. The van der Waals surface area contributed by atoms with Crippen molar-refractivity contribution in [2.75, 3.05) is 0 Å². The molecule has 0 aromatic rings. The Labute approximate surface area is 86.7 Å². The van der Waals surface area contributed by atoms with E-state index in [-0.39, 0.29) is 5.91 Å². The summed E-state index contributed by atoms with van der Waals surface area (Å²) in [6, 6.07) is 0. The molecule has 0 aliphatic rings. The Balaban J connectivity index is 3.02. The van der Waals surface area contributed by atoms with Gasteiger partial charge in [-0.05, 0) is 26.2 Å². The van der Waals surface area contributed by atoms with Crippen LogP contribution in [-0.4, -0.2) is 5.91 Å². The second-order valence-corrected chi connectivity index (χ2v) is 3.44. The fourth-order valence-corrected chi connectivity index (χ4v) is 1.32. The van der Waals surface area contributed by atoms with Gasteiger partial charge in [-0.15, -0.1) is 0 Å². The molecule has 0 bridgehead atoms. The van der Waals surface area contributed by atoms with Gasteiger partial charge in [-0.1, -0.05) is 31.4 Å². The van der Waals surface area contributed by atoms with Gasteiger partial charge in [0.2, 0.25) is 5.91 Å². The molecule has 0 aliphatic carbocycles. The maximum absolute atomic E-state index is 10.7. The van der Waals surface area contributed by atoms with E-state index in [0.29, 0.717) is 6.42 Å². The average molecular weight is 198 g/mol. The largest absolute Gasteiger partial charge is 0.294 e. The third-order valence-electron chi connectivity index (χ3n) is 2.17. The topological polar surface area (TPSA) is 55.1 Å². The number of hydrogen-bond donors (Lipinski definition) is 2. The predicted molar refractivity (Wildman–Crippen MR) is 59.5 cm³/mol. The summed E-state index contributed by atoms with van der Waals surface area (Å²) >= 11 is 0. The first-order valence-corrected chi connectivity index (χ1v) is 5.42. The molecule has 82 valence electrons. The van der Waals surface area contributed by atoms with E-state index in [1.165, 1.54) is 25.7 Å². The van der Waals surface area contributed by atoms with Crippen LogP contribution < -0.4 is 11.3 Å². The molecule has 3 N–H and O–H groups in total. The number of amides is 1. The summed E-state index contributed by atoms with van der Waals surface area (Å²) in [4.78, 5) is 10.7. The number of allylic oxidation sites excluding steroid dienone is 2. The van der Waals surface area contributed by atoms with Gasteiger partial charge in [-0.2, -0.15) is 0 Å². The molecule has 3 heteroatoms. The number of carbonyl (C=O) groups excluding carboxylic acids is 1. The third-order valence-corrected chi connectivity index (χ3v) is 2.17. The van der Waals surface area contributed by atoms with Crippen LogP contribution in [0.25, 0.3) is 0 Å². The lowest BCUT2D eigenvalue weighted by Gasteiger charge is -2.00. The van der Waals surface area contributed by atoms with Gasteiger partial charge in [0.25, 0.3) is 0 Å². The molecule has 0 saturated carbocycles. The molecular formula is C11H22N2O. The summed E-state index contributed by atoms with van der Waals surface area (Å²) in [6.07, 6.45) is 11.8. The molecule has 14 heavy (non-hydrogen) atoms. The van der Waals surface area contributed by atoms with Gasteiger partial charge < -0.3 is 0 Å². The van der Waals surface area contributed by atoms with Gasteiger partial charge in [-0.3, -0.25) is 10.2 Å². The standard InChI is InChI=1S/C11H22N2O/c1-2-3-4-5-6-7-8-9-10-11(14)13-12/h2-3H,4-10,12H2,1H3,(H,13,14). The van der Waals surface area contributed by atoms with Crippen LogP contribution in [0.2, 0.25) is 0 Å². The predicted octanol–water partition coefficient (Wildman–Crippen LogP) is 2.28. The number of hydrogen-bond acceptors (Lipinski definition) is 2. The molecular weight excluding hydrogens is 176 g/mol. The van der Waals surface area contributed by atoms with E-state index in [4.69, 9.17) is 5.84 Å². The van der Waals surface area contributed by atoms with Crippen molar-refractivity contribution >= 4 is 5.91 Å². The minimum atomic E-state index is -0.0566. The number of nitrogens with one attached hydrogen (secondary N) is 1. The van der Waals surface area contributed by atoms with Crippen LogP contribution in [0.3, 0.4) is 0 Å². The Bertz CT molecular complexity index is 167. The van der Waals surface area contributed by atoms with E-state index in [0.717, 1.165) is 12.8 Å². The quantitative estimate of drug-likeness (QED) is 0.207. The van der Waals surface area contributed by atoms with Crippen molar-refractivity contribution in [3.8, 4) is 0 Å². The normalized spacial score (nSPS) is 10.7. The highest BCUT2D eigenvalue weighted by Gasteiger charge is 1.96. The minimum Gasteiger partial charge on any atom is -0.294 e. The highest BCUT2D eigenvalue weighted by Crippen LogP contribution is 2.07. The first kappa shape index (κ1) is 13.2. The molecule has 0 aromatic heterocycles. The molecule has 3 nitrogen and oxygen atoms in total. The second-order valence-electron chi connectivity index (χ2n) is 3.44. The first-order chi connectivity index (χ1) is 6.81. The van der Waals surface area contributed by atoms with Gasteiger partial charge in [0.1, 0.15) is 0 Å². The third kappa shape index (κ3) is 9.26. The first-order valence-electron chi connectivity index (χ1n) is 5.42. The molecule has 0 aromatic carbocycles. The highest BCUT2D eigenvalue weighted by atomic mass is 16.2. The van der Waals surface area contributed by atoms with Crippen molar-refractivity contribution in [1.82, 2.24) is 5.43 Å². The summed E-state index contributed by atoms with van der Waals surface area (Å²) in [5.41, 5.74) is 2.14. The molecule has 0 radical (unpaired) electrons. The van der Waals surface area contributed by atoms with E-state index >= 15 is 0 Å². The van der Waals surface area contributed by atoms with Crippen LogP contribution in [0.5, 0.6) is 0 Å². The molecule has 0 atom stereocenters. The zero-order valence-electron chi connectivity index (χ0n) is 9.09. The van der Waals surface area contributed by atoms with Crippen LogP contribution >= 0.6 is 0 Å². The molecule has 0 rings (SSSR count). The van der Waals surface area contributed by atoms with Gasteiger partial charge in [-0.25, -0.2) is 5.84 Å². The van der Waals surface area contributed by atoms with Crippen LogP contribution in [0.15, 0.2) is 12.2 Å². The Morgan fingerprint density at radius 3 is 2.50 bits per heavy atom. The van der Waals surface area contributed by atoms with E-state index in [1.54, 1.807) is 0 Å². The summed E-state index contributed by atoms with van der Waals surface area (Å²) in [7, 11) is 0. The van der Waals surface area contributed by atoms with E-state index in [2.05, 4.69) is 17.6 Å². The van der Waals surface area contributed by atoms with E-state index in [9.17, 15) is 4.79 Å². The summed E-state index contributed by atoms with van der Waals surface area (Å²) < 4.78 is 0. The molecule has 0 aliphatic heterocycles. The molecule has 1 amide bonds. The maximum Gasteiger partial charge on any atom is 0.233 e. The van der Waals surface area contributed by atoms with Crippen molar-refractivity contribution < 1.29 is 4.79 Å². The number of nitrogens with two attached hydrogens (primary N) is 1. The minimum absolute atomic E-state index is 0.0566. The Morgan fingerprint density at radius 1 is 1.21 bits per heavy atom. The monoisotopic (exact) mass is 198 g/mol. The maximum atomic E-state index is 10.7. The van der Waals surface area contributed by atoms with Gasteiger partial charge >= 0.3 is 0 Å². The Kier molecular flexibility index (Phi) is 9.64.